The fourth-order valence-corrected chi connectivity index (χ4v) is 2.46. The highest BCUT2D eigenvalue weighted by atomic mass is 32.2. The average Bonchev–Trinajstić information content (AvgIpc) is 2.25. The van der Waals surface area contributed by atoms with E-state index in [9.17, 15) is 8.42 Å². The molecule has 102 valence electrons. The summed E-state index contributed by atoms with van der Waals surface area (Å²) < 4.78 is 36.8. The molecule has 5 heteroatoms. The summed E-state index contributed by atoms with van der Waals surface area (Å²) in [5.74, 6) is 0.707. The van der Waals surface area contributed by atoms with Crippen molar-refractivity contribution in [2.75, 3.05) is 6.61 Å². The van der Waals surface area contributed by atoms with E-state index in [2.05, 4.69) is 6.92 Å². The van der Waals surface area contributed by atoms with Crippen molar-refractivity contribution in [3.8, 4) is 5.75 Å². The molecule has 0 spiro atoms. The van der Waals surface area contributed by atoms with Crippen LogP contribution in [0.5, 0.6) is 5.75 Å². The molecule has 4 nitrogen and oxygen atoms in total. The molecule has 0 fully saturated rings. The van der Waals surface area contributed by atoms with E-state index in [4.69, 9.17) is 9.29 Å². The van der Waals surface area contributed by atoms with Gasteiger partial charge in [-0.15, -0.1) is 0 Å². The summed E-state index contributed by atoms with van der Waals surface area (Å²) in [5.41, 5.74) is 1.44. The Balaban J connectivity index is 2.88. The van der Waals surface area contributed by atoms with Gasteiger partial charge in [-0.05, 0) is 43.5 Å². The van der Waals surface area contributed by atoms with Gasteiger partial charge in [0.2, 0.25) is 0 Å². The summed E-state index contributed by atoms with van der Waals surface area (Å²) in [4.78, 5) is -0.0848. The van der Waals surface area contributed by atoms with E-state index in [0.29, 0.717) is 12.4 Å². The summed E-state index contributed by atoms with van der Waals surface area (Å²) >= 11 is 0. The molecule has 0 heterocycles. The van der Waals surface area contributed by atoms with Crippen molar-refractivity contribution in [1.29, 1.82) is 0 Å². The molecule has 0 atom stereocenters. The predicted octanol–water partition coefficient (Wildman–Crippen LogP) is 3.12. The van der Waals surface area contributed by atoms with Crippen LogP contribution >= 0.6 is 0 Å². The van der Waals surface area contributed by atoms with E-state index >= 15 is 0 Å². The summed E-state index contributed by atoms with van der Waals surface area (Å²) in [5, 5.41) is 0. The standard InChI is InChI=1S/C13H20O4S/c1-4-5-6-7-17-13-10(2)8-12(9-11(13)3)18(14,15)16/h8-9H,4-7H2,1-3H3,(H,14,15,16). The molecule has 0 aliphatic carbocycles. The maximum Gasteiger partial charge on any atom is 0.294 e. The molecule has 0 radical (unpaired) electrons. The Morgan fingerprint density at radius 2 is 1.72 bits per heavy atom. The van der Waals surface area contributed by atoms with Gasteiger partial charge in [0.25, 0.3) is 10.1 Å². The zero-order chi connectivity index (χ0) is 13.8. The molecule has 0 saturated carbocycles. The lowest BCUT2D eigenvalue weighted by molar-refractivity contribution is 0.302. The molecule has 1 aromatic rings. The van der Waals surface area contributed by atoms with Gasteiger partial charge >= 0.3 is 0 Å². The second kappa shape index (κ2) is 6.20. The van der Waals surface area contributed by atoms with Crippen LogP contribution in [0.25, 0.3) is 0 Å². The Labute approximate surface area is 109 Å². The van der Waals surface area contributed by atoms with Crippen LogP contribution in [0.15, 0.2) is 17.0 Å². The van der Waals surface area contributed by atoms with Crippen LogP contribution in [0.1, 0.15) is 37.3 Å². The highest BCUT2D eigenvalue weighted by Crippen LogP contribution is 2.27. The van der Waals surface area contributed by atoms with E-state index in [1.54, 1.807) is 13.8 Å². The van der Waals surface area contributed by atoms with E-state index in [-0.39, 0.29) is 4.90 Å². The second-order valence-electron chi connectivity index (χ2n) is 4.42. The molecule has 0 amide bonds. The molecule has 1 rings (SSSR count). The van der Waals surface area contributed by atoms with Gasteiger partial charge in [0.15, 0.2) is 0 Å². The van der Waals surface area contributed by atoms with Gasteiger partial charge in [-0.1, -0.05) is 19.8 Å². The van der Waals surface area contributed by atoms with E-state index in [1.807, 2.05) is 0 Å². The first kappa shape index (κ1) is 15.0. The first-order chi connectivity index (χ1) is 8.36. The minimum absolute atomic E-state index is 0.0848. The van der Waals surface area contributed by atoms with Gasteiger partial charge in [-0.2, -0.15) is 8.42 Å². The Kier molecular flexibility index (Phi) is 5.16. The molecule has 0 bridgehead atoms. The lowest BCUT2D eigenvalue weighted by Crippen LogP contribution is -2.04. The van der Waals surface area contributed by atoms with Gasteiger partial charge in [-0.3, -0.25) is 4.55 Å². The van der Waals surface area contributed by atoms with Crippen LogP contribution < -0.4 is 4.74 Å². The van der Waals surface area contributed by atoms with Crippen LogP contribution in [-0.2, 0) is 10.1 Å². The molecule has 0 aliphatic rings. The van der Waals surface area contributed by atoms with Gasteiger partial charge in [-0.25, -0.2) is 0 Å². The Hall–Kier alpha value is -1.07. The number of hydrogen-bond acceptors (Lipinski definition) is 3. The Bertz CT molecular complexity index is 483. The molecular weight excluding hydrogens is 252 g/mol. The van der Waals surface area contributed by atoms with Gasteiger partial charge in [0.1, 0.15) is 5.75 Å². The van der Waals surface area contributed by atoms with Crippen molar-refractivity contribution in [2.24, 2.45) is 0 Å². The smallest absolute Gasteiger partial charge is 0.294 e. The van der Waals surface area contributed by atoms with Gasteiger partial charge < -0.3 is 4.74 Å². The first-order valence-corrected chi connectivity index (χ1v) is 7.51. The molecule has 0 saturated heterocycles. The summed E-state index contributed by atoms with van der Waals surface area (Å²) in [7, 11) is -4.15. The zero-order valence-corrected chi connectivity index (χ0v) is 11.9. The highest BCUT2D eigenvalue weighted by molar-refractivity contribution is 7.85. The number of unbranched alkanes of at least 4 members (excludes halogenated alkanes) is 2. The van der Waals surface area contributed by atoms with E-state index in [1.165, 1.54) is 12.1 Å². The molecule has 0 aliphatic heterocycles. The largest absolute Gasteiger partial charge is 0.493 e. The normalized spacial score (nSPS) is 11.6. The van der Waals surface area contributed by atoms with Crippen LogP contribution in [0, 0.1) is 13.8 Å². The molecule has 0 unspecified atom stereocenters. The third-order valence-electron chi connectivity index (χ3n) is 2.73. The van der Waals surface area contributed by atoms with Crippen LogP contribution in [0.2, 0.25) is 0 Å². The highest BCUT2D eigenvalue weighted by Gasteiger charge is 2.14. The van der Waals surface area contributed by atoms with Crippen LogP contribution in [0.4, 0.5) is 0 Å². The fourth-order valence-electron chi connectivity index (χ4n) is 1.81. The van der Waals surface area contributed by atoms with Crippen molar-refractivity contribution in [2.45, 2.75) is 44.9 Å². The minimum Gasteiger partial charge on any atom is -0.493 e. The first-order valence-electron chi connectivity index (χ1n) is 6.07. The lowest BCUT2D eigenvalue weighted by Gasteiger charge is -2.13. The molecule has 18 heavy (non-hydrogen) atoms. The summed E-state index contributed by atoms with van der Waals surface area (Å²) in [6.07, 6.45) is 3.22. The number of benzene rings is 1. The molecule has 1 aromatic carbocycles. The van der Waals surface area contributed by atoms with Gasteiger partial charge in [0.05, 0.1) is 11.5 Å². The Morgan fingerprint density at radius 1 is 1.17 bits per heavy atom. The Morgan fingerprint density at radius 3 is 2.17 bits per heavy atom. The number of hydrogen-bond donors (Lipinski definition) is 1. The third kappa shape index (κ3) is 3.99. The van der Waals surface area contributed by atoms with Crippen molar-refractivity contribution in [3.63, 3.8) is 0 Å². The summed E-state index contributed by atoms with van der Waals surface area (Å²) in [6, 6.07) is 2.86. The average molecular weight is 272 g/mol. The monoisotopic (exact) mass is 272 g/mol. The lowest BCUT2D eigenvalue weighted by atomic mass is 10.1. The van der Waals surface area contributed by atoms with Crippen LogP contribution in [-0.4, -0.2) is 19.6 Å². The summed E-state index contributed by atoms with van der Waals surface area (Å²) in [6.45, 7) is 6.30. The van der Waals surface area contributed by atoms with E-state index in [0.717, 1.165) is 30.4 Å². The number of aryl methyl sites for hydroxylation is 2. The fraction of sp³-hybridized carbons (Fsp3) is 0.538. The van der Waals surface area contributed by atoms with E-state index < -0.39 is 10.1 Å². The van der Waals surface area contributed by atoms with Crippen molar-refractivity contribution >= 4 is 10.1 Å². The predicted molar refractivity (Wildman–Crippen MR) is 70.8 cm³/mol. The minimum atomic E-state index is -4.15. The van der Waals surface area contributed by atoms with Crippen LogP contribution in [0.3, 0.4) is 0 Å². The quantitative estimate of drug-likeness (QED) is 0.638. The number of rotatable bonds is 6. The molecule has 1 N–H and O–H groups in total. The second-order valence-corrected chi connectivity index (χ2v) is 5.84. The van der Waals surface area contributed by atoms with Crippen molar-refractivity contribution in [3.05, 3.63) is 23.3 Å². The zero-order valence-electron chi connectivity index (χ0n) is 11.1. The van der Waals surface area contributed by atoms with Gasteiger partial charge in [0, 0.05) is 0 Å². The topological polar surface area (TPSA) is 63.6 Å². The SMILES string of the molecule is CCCCCOc1c(C)cc(S(=O)(=O)O)cc1C. The number of ether oxygens (including phenoxy) is 1. The maximum atomic E-state index is 11.1. The maximum absolute atomic E-state index is 11.1. The molecular formula is C13H20O4S. The van der Waals surface area contributed by atoms with Crippen molar-refractivity contribution in [1.82, 2.24) is 0 Å². The molecule has 0 aromatic heterocycles. The van der Waals surface area contributed by atoms with Crippen molar-refractivity contribution < 1.29 is 17.7 Å². The third-order valence-corrected chi connectivity index (χ3v) is 3.56.